The first kappa shape index (κ1) is 19.0. The molecule has 1 fully saturated rings. The highest BCUT2D eigenvalue weighted by Crippen LogP contribution is 2.34. The van der Waals surface area contributed by atoms with Crippen LogP contribution in [0, 0.1) is 5.82 Å². The SMILES string of the molecule is COc1ccc(N2CC(c3nnc(NC(=O)c4cccc(F)c4)s3)CC2=O)cc1. The van der Waals surface area contributed by atoms with Crippen molar-refractivity contribution in [3.63, 3.8) is 0 Å². The van der Waals surface area contributed by atoms with E-state index in [1.54, 1.807) is 24.1 Å². The van der Waals surface area contributed by atoms with Crippen molar-refractivity contribution in [1.82, 2.24) is 10.2 Å². The summed E-state index contributed by atoms with van der Waals surface area (Å²) in [6.45, 7) is 0.484. The predicted octanol–water partition coefficient (Wildman–Crippen LogP) is 3.46. The number of hydrogen-bond donors (Lipinski definition) is 1. The standard InChI is InChI=1S/C20H17FN4O3S/c1-28-16-7-5-15(6-8-16)25-11-13(10-17(25)26)19-23-24-20(29-19)22-18(27)12-3-2-4-14(21)9-12/h2-9,13H,10-11H2,1H3,(H,22,24,27). The molecule has 2 aromatic carbocycles. The van der Waals surface area contributed by atoms with E-state index in [0.29, 0.717) is 23.1 Å². The Morgan fingerprint density at radius 1 is 1.24 bits per heavy atom. The van der Waals surface area contributed by atoms with Gasteiger partial charge in [0.05, 0.1) is 7.11 Å². The van der Waals surface area contributed by atoms with Crippen LogP contribution in [0.25, 0.3) is 0 Å². The zero-order valence-corrected chi connectivity index (χ0v) is 16.3. The number of nitrogens with one attached hydrogen (secondary N) is 1. The predicted molar refractivity (Wildman–Crippen MR) is 107 cm³/mol. The Hall–Kier alpha value is -3.33. The van der Waals surface area contributed by atoms with Crippen molar-refractivity contribution >= 4 is 34.0 Å². The highest BCUT2D eigenvalue weighted by Gasteiger charge is 2.34. The summed E-state index contributed by atoms with van der Waals surface area (Å²) in [6, 6.07) is 12.7. The molecule has 1 aliphatic rings. The van der Waals surface area contributed by atoms with Crippen LogP contribution in [0.3, 0.4) is 0 Å². The van der Waals surface area contributed by atoms with E-state index in [9.17, 15) is 14.0 Å². The Morgan fingerprint density at radius 3 is 2.76 bits per heavy atom. The van der Waals surface area contributed by atoms with Gasteiger partial charge in [-0.15, -0.1) is 10.2 Å². The molecule has 29 heavy (non-hydrogen) atoms. The van der Waals surface area contributed by atoms with E-state index in [1.165, 1.54) is 29.5 Å². The lowest BCUT2D eigenvalue weighted by Crippen LogP contribution is -2.24. The van der Waals surface area contributed by atoms with Gasteiger partial charge >= 0.3 is 0 Å². The van der Waals surface area contributed by atoms with Gasteiger partial charge < -0.3 is 9.64 Å². The molecule has 1 atom stereocenters. The van der Waals surface area contributed by atoms with E-state index in [1.807, 2.05) is 12.1 Å². The van der Waals surface area contributed by atoms with E-state index in [2.05, 4.69) is 15.5 Å². The Morgan fingerprint density at radius 2 is 2.03 bits per heavy atom. The molecule has 0 radical (unpaired) electrons. The molecule has 1 N–H and O–H groups in total. The Kier molecular flexibility index (Phi) is 5.22. The third-order valence-electron chi connectivity index (χ3n) is 4.61. The molecule has 9 heteroatoms. The zero-order valence-electron chi connectivity index (χ0n) is 15.5. The number of benzene rings is 2. The maximum atomic E-state index is 13.3. The summed E-state index contributed by atoms with van der Waals surface area (Å²) >= 11 is 1.22. The largest absolute Gasteiger partial charge is 0.497 e. The van der Waals surface area contributed by atoms with E-state index in [0.717, 1.165) is 17.5 Å². The third-order valence-corrected chi connectivity index (χ3v) is 5.61. The van der Waals surface area contributed by atoms with Crippen molar-refractivity contribution < 1.29 is 18.7 Å². The Bertz CT molecular complexity index is 1050. The smallest absolute Gasteiger partial charge is 0.257 e. The van der Waals surface area contributed by atoms with Crippen molar-refractivity contribution in [2.24, 2.45) is 0 Å². The number of ether oxygens (including phenoxy) is 1. The van der Waals surface area contributed by atoms with Crippen molar-refractivity contribution in [1.29, 1.82) is 0 Å². The quantitative estimate of drug-likeness (QED) is 0.694. The second-order valence-electron chi connectivity index (χ2n) is 6.51. The number of amides is 2. The van der Waals surface area contributed by atoms with Crippen LogP contribution in [0.2, 0.25) is 0 Å². The summed E-state index contributed by atoms with van der Waals surface area (Å²) in [4.78, 5) is 26.4. The molecular weight excluding hydrogens is 395 g/mol. The zero-order chi connectivity index (χ0) is 20.4. The molecule has 4 rings (SSSR count). The van der Waals surface area contributed by atoms with Crippen LogP contribution >= 0.6 is 11.3 Å². The molecule has 7 nitrogen and oxygen atoms in total. The lowest BCUT2D eigenvalue weighted by Gasteiger charge is -2.16. The highest BCUT2D eigenvalue weighted by atomic mass is 32.1. The van der Waals surface area contributed by atoms with Gasteiger partial charge in [0.2, 0.25) is 11.0 Å². The Balaban J connectivity index is 1.44. The normalized spacial score (nSPS) is 16.1. The molecule has 2 amide bonds. The summed E-state index contributed by atoms with van der Waals surface area (Å²) in [7, 11) is 1.59. The summed E-state index contributed by atoms with van der Waals surface area (Å²) in [5.41, 5.74) is 0.992. The second-order valence-corrected chi connectivity index (χ2v) is 7.52. The fourth-order valence-electron chi connectivity index (χ4n) is 3.13. The maximum absolute atomic E-state index is 13.3. The molecule has 148 valence electrons. The first-order chi connectivity index (χ1) is 14.0. The lowest BCUT2D eigenvalue weighted by atomic mass is 10.1. The van der Waals surface area contributed by atoms with Gasteiger partial charge in [0, 0.05) is 30.1 Å². The molecule has 2 heterocycles. The van der Waals surface area contributed by atoms with Crippen molar-refractivity contribution in [2.45, 2.75) is 12.3 Å². The van der Waals surface area contributed by atoms with Gasteiger partial charge in [0.15, 0.2) is 0 Å². The first-order valence-corrected chi connectivity index (χ1v) is 9.70. The van der Waals surface area contributed by atoms with E-state index >= 15 is 0 Å². The number of hydrogen-bond acceptors (Lipinski definition) is 6. The van der Waals surface area contributed by atoms with Crippen LogP contribution in [0.1, 0.15) is 27.7 Å². The fraction of sp³-hybridized carbons (Fsp3) is 0.200. The molecule has 0 aliphatic carbocycles. The maximum Gasteiger partial charge on any atom is 0.257 e. The fourth-order valence-corrected chi connectivity index (χ4v) is 3.96. The molecule has 1 saturated heterocycles. The van der Waals surface area contributed by atoms with Crippen molar-refractivity contribution in [3.8, 4) is 5.75 Å². The number of carbonyl (C=O) groups excluding carboxylic acids is 2. The number of nitrogens with zero attached hydrogens (tertiary/aromatic N) is 3. The molecule has 1 aliphatic heterocycles. The number of halogens is 1. The van der Waals surface area contributed by atoms with Gasteiger partial charge in [-0.3, -0.25) is 14.9 Å². The van der Waals surface area contributed by atoms with E-state index < -0.39 is 11.7 Å². The summed E-state index contributed by atoms with van der Waals surface area (Å²) < 4.78 is 18.4. The number of methoxy groups -OCH3 is 1. The molecule has 0 saturated carbocycles. The number of rotatable bonds is 5. The molecule has 0 spiro atoms. The van der Waals surface area contributed by atoms with Gasteiger partial charge in [-0.2, -0.15) is 0 Å². The van der Waals surface area contributed by atoms with Gasteiger partial charge in [-0.05, 0) is 42.5 Å². The van der Waals surface area contributed by atoms with Crippen LogP contribution in [-0.2, 0) is 4.79 Å². The number of aromatic nitrogens is 2. The Labute approximate surface area is 170 Å². The summed E-state index contributed by atoms with van der Waals surface area (Å²) in [5.74, 6) is -0.337. The van der Waals surface area contributed by atoms with Crippen LogP contribution < -0.4 is 15.0 Å². The van der Waals surface area contributed by atoms with Gasteiger partial charge in [-0.25, -0.2) is 4.39 Å². The average Bonchev–Trinajstić information content (AvgIpc) is 3.34. The molecule has 0 bridgehead atoms. The van der Waals surface area contributed by atoms with Crippen LogP contribution in [-0.4, -0.2) is 35.7 Å². The summed E-state index contributed by atoms with van der Waals surface area (Å²) in [6.07, 6.45) is 0.318. The third kappa shape index (κ3) is 4.09. The van der Waals surface area contributed by atoms with Gasteiger partial charge in [-0.1, -0.05) is 17.4 Å². The highest BCUT2D eigenvalue weighted by molar-refractivity contribution is 7.15. The molecule has 1 unspecified atom stereocenters. The van der Waals surface area contributed by atoms with Crippen LogP contribution in [0.5, 0.6) is 5.75 Å². The monoisotopic (exact) mass is 412 g/mol. The second kappa shape index (κ2) is 7.96. The minimum absolute atomic E-state index is 0.000660. The minimum atomic E-state index is -0.487. The van der Waals surface area contributed by atoms with Crippen molar-refractivity contribution in [3.05, 3.63) is 64.9 Å². The number of anilines is 2. The van der Waals surface area contributed by atoms with Gasteiger partial charge in [0.25, 0.3) is 5.91 Å². The minimum Gasteiger partial charge on any atom is -0.497 e. The van der Waals surface area contributed by atoms with E-state index in [4.69, 9.17) is 4.74 Å². The molecular formula is C20H17FN4O3S. The topological polar surface area (TPSA) is 84.4 Å². The average molecular weight is 412 g/mol. The molecule has 1 aromatic heterocycles. The lowest BCUT2D eigenvalue weighted by molar-refractivity contribution is -0.117. The first-order valence-electron chi connectivity index (χ1n) is 8.88. The molecule has 3 aromatic rings. The van der Waals surface area contributed by atoms with Crippen LogP contribution in [0.15, 0.2) is 48.5 Å². The van der Waals surface area contributed by atoms with Gasteiger partial charge in [0.1, 0.15) is 16.6 Å². The number of carbonyl (C=O) groups is 2. The summed E-state index contributed by atoms with van der Waals surface area (Å²) in [5, 5.41) is 11.7. The van der Waals surface area contributed by atoms with E-state index in [-0.39, 0.29) is 17.4 Å². The van der Waals surface area contributed by atoms with Crippen molar-refractivity contribution in [2.75, 3.05) is 23.9 Å². The van der Waals surface area contributed by atoms with Crippen LogP contribution in [0.4, 0.5) is 15.2 Å².